The molecule has 5 nitrogen and oxygen atoms in total. The number of hydrogen-bond acceptors (Lipinski definition) is 5. The van der Waals surface area contributed by atoms with Crippen LogP contribution < -0.4 is 5.73 Å². The zero-order valence-electron chi connectivity index (χ0n) is 17.3. The van der Waals surface area contributed by atoms with E-state index in [1.807, 2.05) is 55.2 Å². The van der Waals surface area contributed by atoms with E-state index in [9.17, 15) is 0 Å². The summed E-state index contributed by atoms with van der Waals surface area (Å²) in [5, 5.41) is 1.03. The summed E-state index contributed by atoms with van der Waals surface area (Å²) in [5.74, 6) is 0. The van der Waals surface area contributed by atoms with E-state index in [0.29, 0.717) is 0 Å². The van der Waals surface area contributed by atoms with E-state index in [0.717, 1.165) is 45.6 Å². The number of hydrogen-bond donors (Lipinski definition) is 1. The van der Waals surface area contributed by atoms with Gasteiger partial charge in [0.15, 0.2) is 0 Å². The second-order valence-corrected chi connectivity index (χ2v) is 7.54. The first-order valence-electron chi connectivity index (χ1n) is 10.1. The number of para-hydroxylation sites is 1. The van der Waals surface area contributed by atoms with Crippen LogP contribution in [0.25, 0.3) is 16.6 Å². The summed E-state index contributed by atoms with van der Waals surface area (Å²) >= 11 is 0. The quantitative estimate of drug-likeness (QED) is 0.777. The maximum atomic E-state index is 6.04. The molecule has 1 aromatic carbocycles. The molecule has 1 aliphatic carbocycles. The average Bonchev–Trinajstić information content (AvgIpc) is 2.75. The summed E-state index contributed by atoms with van der Waals surface area (Å²) in [6, 6.07) is 9.96. The van der Waals surface area contributed by atoms with Crippen molar-refractivity contribution in [2.24, 2.45) is 10.7 Å². The SMILES string of the molecule is C=C1C=C(C2=CCC(OC(C)C)C=C2)N=CN1/C(=C\N)c1ccnc2ccccc12. The fourth-order valence-corrected chi connectivity index (χ4v) is 3.69. The molecule has 0 bridgehead atoms. The molecule has 0 saturated heterocycles. The lowest BCUT2D eigenvalue weighted by atomic mass is 10.0. The Morgan fingerprint density at radius 2 is 2.13 bits per heavy atom. The molecule has 0 amide bonds. The molecule has 1 atom stereocenters. The van der Waals surface area contributed by atoms with Gasteiger partial charge in [0.25, 0.3) is 0 Å². The van der Waals surface area contributed by atoms with Gasteiger partial charge in [-0.05, 0) is 44.1 Å². The van der Waals surface area contributed by atoms with E-state index in [-0.39, 0.29) is 12.2 Å². The van der Waals surface area contributed by atoms with Crippen LogP contribution in [0.3, 0.4) is 0 Å². The van der Waals surface area contributed by atoms with Gasteiger partial charge in [0, 0.05) is 29.0 Å². The molecule has 0 fully saturated rings. The molecule has 2 aliphatic rings. The lowest BCUT2D eigenvalue weighted by Crippen LogP contribution is -2.23. The highest BCUT2D eigenvalue weighted by Crippen LogP contribution is 2.31. The fraction of sp³-hybridized carbons (Fsp3) is 0.200. The van der Waals surface area contributed by atoms with Crippen LogP contribution in [-0.4, -0.2) is 28.4 Å². The van der Waals surface area contributed by atoms with Crippen molar-refractivity contribution in [2.75, 3.05) is 0 Å². The second kappa shape index (κ2) is 8.51. The Labute approximate surface area is 177 Å². The molecule has 1 unspecified atom stereocenters. The minimum Gasteiger partial charge on any atom is -0.403 e. The Morgan fingerprint density at radius 3 is 2.83 bits per heavy atom. The Balaban J connectivity index is 1.56. The van der Waals surface area contributed by atoms with Gasteiger partial charge in [-0.2, -0.15) is 0 Å². The topological polar surface area (TPSA) is 63.7 Å². The highest BCUT2D eigenvalue weighted by atomic mass is 16.5. The van der Waals surface area contributed by atoms with Crippen LogP contribution in [0.15, 0.2) is 95.6 Å². The van der Waals surface area contributed by atoms with Gasteiger partial charge in [-0.3, -0.25) is 9.88 Å². The van der Waals surface area contributed by atoms with Gasteiger partial charge in [-0.15, -0.1) is 0 Å². The monoisotopic (exact) mass is 398 g/mol. The van der Waals surface area contributed by atoms with E-state index < -0.39 is 0 Å². The van der Waals surface area contributed by atoms with Gasteiger partial charge < -0.3 is 10.5 Å². The maximum Gasteiger partial charge on any atom is 0.100 e. The van der Waals surface area contributed by atoms with Crippen molar-refractivity contribution in [3.05, 3.63) is 96.1 Å². The summed E-state index contributed by atoms with van der Waals surface area (Å²) < 4.78 is 5.85. The lowest BCUT2D eigenvalue weighted by Gasteiger charge is -2.27. The van der Waals surface area contributed by atoms with E-state index in [1.165, 1.54) is 0 Å². The molecule has 4 rings (SSSR count). The number of rotatable bonds is 5. The van der Waals surface area contributed by atoms with Crippen LogP contribution in [0.2, 0.25) is 0 Å². The third-order valence-corrected chi connectivity index (χ3v) is 5.07. The zero-order chi connectivity index (χ0) is 21.1. The van der Waals surface area contributed by atoms with Gasteiger partial charge in [-0.1, -0.05) is 43.0 Å². The number of aliphatic imine (C=N–C) groups is 1. The van der Waals surface area contributed by atoms with E-state index in [1.54, 1.807) is 18.7 Å². The van der Waals surface area contributed by atoms with Crippen molar-refractivity contribution in [3.63, 3.8) is 0 Å². The first kappa shape index (κ1) is 19.9. The molecular formula is C25H26N4O. The first-order chi connectivity index (χ1) is 14.6. The fourth-order valence-electron chi connectivity index (χ4n) is 3.69. The Kier molecular flexibility index (Phi) is 5.63. The smallest absolute Gasteiger partial charge is 0.100 e. The highest BCUT2D eigenvalue weighted by molar-refractivity contribution is 5.94. The molecular weight excluding hydrogens is 372 g/mol. The number of benzene rings is 1. The molecule has 30 heavy (non-hydrogen) atoms. The van der Waals surface area contributed by atoms with Gasteiger partial charge in [0.05, 0.1) is 29.1 Å². The maximum absolute atomic E-state index is 6.04. The molecule has 0 radical (unpaired) electrons. The lowest BCUT2D eigenvalue weighted by molar-refractivity contribution is 0.0367. The summed E-state index contributed by atoms with van der Waals surface area (Å²) in [6.07, 6.45) is 14.6. The molecule has 5 heteroatoms. The predicted octanol–water partition coefficient (Wildman–Crippen LogP) is 4.91. The molecule has 2 heterocycles. The number of allylic oxidation sites excluding steroid dienone is 2. The number of ether oxygens (including phenoxy) is 1. The molecule has 1 aromatic heterocycles. The van der Waals surface area contributed by atoms with Crippen LogP contribution in [0.4, 0.5) is 0 Å². The van der Waals surface area contributed by atoms with Crippen LogP contribution >= 0.6 is 0 Å². The van der Waals surface area contributed by atoms with Crippen LogP contribution in [0.5, 0.6) is 0 Å². The Bertz CT molecular complexity index is 1120. The zero-order valence-corrected chi connectivity index (χ0v) is 17.3. The average molecular weight is 399 g/mol. The number of aromatic nitrogens is 1. The van der Waals surface area contributed by atoms with Crippen LogP contribution in [0.1, 0.15) is 25.8 Å². The first-order valence-corrected chi connectivity index (χ1v) is 10.1. The number of nitrogens with two attached hydrogens (primary N) is 1. The largest absolute Gasteiger partial charge is 0.403 e. The minimum atomic E-state index is 0.119. The summed E-state index contributed by atoms with van der Waals surface area (Å²) in [4.78, 5) is 11.0. The standard InChI is InChI=1S/C25H26N4O/c1-17(2)30-20-10-8-19(9-11-20)24-14-18(3)29(16-28-24)25(15-26)22-12-13-27-23-7-5-4-6-21(22)23/h4-10,12-17,20H,3,11,26H2,1-2H3/b25-15-. The second-order valence-electron chi connectivity index (χ2n) is 7.54. The molecule has 0 spiro atoms. The van der Waals surface area contributed by atoms with Crippen molar-refractivity contribution in [1.82, 2.24) is 9.88 Å². The van der Waals surface area contributed by atoms with Crippen molar-refractivity contribution >= 4 is 22.9 Å². The molecule has 152 valence electrons. The van der Waals surface area contributed by atoms with Crippen molar-refractivity contribution in [3.8, 4) is 0 Å². The van der Waals surface area contributed by atoms with Gasteiger partial charge in [-0.25, -0.2) is 4.99 Å². The van der Waals surface area contributed by atoms with Crippen molar-refractivity contribution in [2.45, 2.75) is 32.5 Å². The van der Waals surface area contributed by atoms with E-state index in [2.05, 4.69) is 34.8 Å². The number of nitrogens with zero attached hydrogens (tertiary/aromatic N) is 3. The third-order valence-electron chi connectivity index (χ3n) is 5.07. The molecule has 2 N–H and O–H groups in total. The van der Waals surface area contributed by atoms with Gasteiger partial charge >= 0.3 is 0 Å². The van der Waals surface area contributed by atoms with Crippen molar-refractivity contribution in [1.29, 1.82) is 0 Å². The Hall–Kier alpha value is -3.44. The third kappa shape index (κ3) is 3.98. The van der Waals surface area contributed by atoms with E-state index in [4.69, 9.17) is 10.5 Å². The molecule has 0 saturated carbocycles. The normalized spacial score (nSPS) is 19.4. The summed E-state index contributed by atoms with van der Waals surface area (Å²) in [6.45, 7) is 8.34. The predicted molar refractivity (Wildman–Crippen MR) is 123 cm³/mol. The molecule has 2 aromatic rings. The van der Waals surface area contributed by atoms with Gasteiger partial charge in [0.2, 0.25) is 0 Å². The highest BCUT2D eigenvalue weighted by Gasteiger charge is 2.20. The number of fused-ring (bicyclic) bond motifs is 1. The van der Waals surface area contributed by atoms with Crippen LogP contribution in [-0.2, 0) is 4.74 Å². The van der Waals surface area contributed by atoms with Crippen molar-refractivity contribution < 1.29 is 4.74 Å². The summed E-state index contributed by atoms with van der Waals surface area (Å²) in [7, 11) is 0. The molecule has 1 aliphatic heterocycles. The van der Waals surface area contributed by atoms with E-state index >= 15 is 0 Å². The Morgan fingerprint density at radius 1 is 1.30 bits per heavy atom. The number of pyridine rings is 1. The van der Waals surface area contributed by atoms with Crippen LogP contribution in [0, 0.1) is 0 Å². The van der Waals surface area contributed by atoms with Gasteiger partial charge in [0.1, 0.15) is 6.34 Å². The summed E-state index contributed by atoms with van der Waals surface area (Å²) in [5.41, 5.74) is 11.5. The minimum absolute atomic E-state index is 0.119.